The molecule has 1 aromatic carbocycles. The van der Waals surface area contributed by atoms with Crippen molar-refractivity contribution in [1.82, 2.24) is 4.98 Å². The van der Waals surface area contributed by atoms with E-state index in [2.05, 4.69) is 10.3 Å². The van der Waals surface area contributed by atoms with E-state index in [9.17, 15) is 9.90 Å². The number of aromatic nitrogens is 1. The van der Waals surface area contributed by atoms with E-state index in [1.807, 2.05) is 34.9 Å². The molecule has 4 N–H and O–H groups in total. The summed E-state index contributed by atoms with van der Waals surface area (Å²) in [6, 6.07) is 5.04. The van der Waals surface area contributed by atoms with E-state index in [-0.39, 0.29) is 24.1 Å². The molecule has 1 unspecified atom stereocenters. The number of aliphatic hydroxyl groups excluding tert-OH is 1. The normalized spacial score (nSPS) is 11.8. The highest BCUT2D eigenvalue weighted by atomic mass is 35.5. The van der Waals surface area contributed by atoms with Crippen LogP contribution in [0, 0.1) is 13.8 Å². The van der Waals surface area contributed by atoms with Gasteiger partial charge in [0.2, 0.25) is 5.88 Å². The Kier molecular flexibility index (Phi) is 7.10. The standard InChI is InChI=1S/C20H27ClN4O3/c1-6-14(10-26)23-15-9-16(25(4)5)24-20(17(15)19(22)27)28-18-11(2)7-13(21)8-12(18)3/h7-9,14,26H,6,10H2,1-5H3,(H2,22,27)(H,23,24). The fraction of sp³-hybridized carbons (Fsp3) is 0.400. The summed E-state index contributed by atoms with van der Waals surface area (Å²) >= 11 is 6.10. The van der Waals surface area contributed by atoms with Gasteiger partial charge in [-0.05, 0) is 43.5 Å². The molecule has 1 atom stereocenters. The number of rotatable bonds is 8. The summed E-state index contributed by atoms with van der Waals surface area (Å²) in [6.07, 6.45) is 0.667. The molecular weight excluding hydrogens is 380 g/mol. The van der Waals surface area contributed by atoms with E-state index in [0.29, 0.717) is 28.7 Å². The number of amides is 1. The maximum Gasteiger partial charge on any atom is 0.256 e. The lowest BCUT2D eigenvalue weighted by Gasteiger charge is -2.22. The third-order valence-corrected chi connectivity index (χ3v) is 4.59. The molecule has 8 heteroatoms. The number of carbonyl (C=O) groups is 1. The van der Waals surface area contributed by atoms with Crippen molar-refractivity contribution < 1.29 is 14.6 Å². The second-order valence-electron chi connectivity index (χ2n) is 6.87. The number of hydrogen-bond donors (Lipinski definition) is 3. The monoisotopic (exact) mass is 406 g/mol. The van der Waals surface area contributed by atoms with Crippen molar-refractivity contribution in [3.05, 3.63) is 39.9 Å². The zero-order valence-corrected chi connectivity index (χ0v) is 17.6. The number of benzene rings is 1. The van der Waals surface area contributed by atoms with Gasteiger partial charge in [-0.15, -0.1) is 0 Å². The number of nitrogens with two attached hydrogens (primary N) is 1. The SMILES string of the molecule is CCC(CO)Nc1cc(N(C)C)nc(Oc2c(C)cc(Cl)cc2C)c1C(N)=O. The van der Waals surface area contributed by atoms with Crippen molar-refractivity contribution in [3.8, 4) is 11.6 Å². The van der Waals surface area contributed by atoms with Gasteiger partial charge >= 0.3 is 0 Å². The summed E-state index contributed by atoms with van der Waals surface area (Å²) < 4.78 is 6.07. The molecule has 1 amide bonds. The lowest BCUT2D eigenvalue weighted by Crippen LogP contribution is -2.26. The average Bonchev–Trinajstić information content (AvgIpc) is 2.61. The Bertz CT molecular complexity index is 844. The van der Waals surface area contributed by atoms with Crippen molar-refractivity contribution in [1.29, 1.82) is 0 Å². The molecule has 0 aliphatic carbocycles. The molecule has 152 valence electrons. The molecule has 28 heavy (non-hydrogen) atoms. The Labute approximate surface area is 170 Å². The Balaban J connectivity index is 2.64. The topological polar surface area (TPSA) is 101 Å². The number of hydrogen-bond acceptors (Lipinski definition) is 6. The quantitative estimate of drug-likeness (QED) is 0.620. The Morgan fingerprint density at radius 2 is 1.93 bits per heavy atom. The molecule has 2 rings (SSSR count). The lowest BCUT2D eigenvalue weighted by atomic mass is 10.1. The molecule has 1 aromatic heterocycles. The first kappa shape index (κ1) is 21.8. The first-order valence-electron chi connectivity index (χ1n) is 9.02. The molecule has 0 bridgehead atoms. The van der Waals surface area contributed by atoms with E-state index in [1.165, 1.54) is 0 Å². The summed E-state index contributed by atoms with van der Waals surface area (Å²) in [4.78, 5) is 18.5. The maximum absolute atomic E-state index is 12.3. The van der Waals surface area contributed by atoms with Crippen LogP contribution in [0.25, 0.3) is 0 Å². The summed E-state index contributed by atoms with van der Waals surface area (Å²) in [5.41, 5.74) is 7.88. The zero-order chi connectivity index (χ0) is 21.0. The van der Waals surface area contributed by atoms with Crippen molar-refractivity contribution >= 4 is 29.0 Å². The molecule has 7 nitrogen and oxygen atoms in total. The molecule has 0 radical (unpaired) electrons. The van der Waals surface area contributed by atoms with E-state index < -0.39 is 5.91 Å². The second-order valence-corrected chi connectivity index (χ2v) is 7.31. The number of aliphatic hydroxyl groups is 1. The van der Waals surface area contributed by atoms with E-state index in [1.54, 1.807) is 23.1 Å². The minimum Gasteiger partial charge on any atom is -0.437 e. The van der Waals surface area contributed by atoms with Crippen LogP contribution in [0.4, 0.5) is 11.5 Å². The fourth-order valence-corrected chi connectivity index (χ4v) is 3.14. The summed E-state index contributed by atoms with van der Waals surface area (Å²) in [5, 5.41) is 13.3. The largest absolute Gasteiger partial charge is 0.437 e. The van der Waals surface area contributed by atoms with Crippen LogP contribution in [0.2, 0.25) is 5.02 Å². The van der Waals surface area contributed by atoms with Gasteiger partial charge in [0, 0.05) is 31.2 Å². The predicted molar refractivity (Wildman–Crippen MR) is 113 cm³/mol. The van der Waals surface area contributed by atoms with Crippen LogP contribution in [0.15, 0.2) is 18.2 Å². The number of pyridine rings is 1. The van der Waals surface area contributed by atoms with Gasteiger partial charge in [0.05, 0.1) is 12.3 Å². The van der Waals surface area contributed by atoms with Crippen molar-refractivity contribution in [2.24, 2.45) is 5.73 Å². The molecule has 0 spiro atoms. The summed E-state index contributed by atoms with van der Waals surface area (Å²) in [5.74, 6) is 0.574. The fourth-order valence-electron chi connectivity index (χ4n) is 2.82. The number of anilines is 2. The highest BCUT2D eigenvalue weighted by Gasteiger charge is 2.23. The van der Waals surface area contributed by atoms with Crippen LogP contribution in [0.1, 0.15) is 34.8 Å². The summed E-state index contributed by atoms with van der Waals surface area (Å²) in [7, 11) is 3.67. The van der Waals surface area contributed by atoms with E-state index in [0.717, 1.165) is 11.1 Å². The molecule has 0 aliphatic heterocycles. The molecular formula is C20H27ClN4O3. The zero-order valence-electron chi connectivity index (χ0n) is 16.8. The van der Waals surface area contributed by atoms with Crippen LogP contribution in [0.5, 0.6) is 11.6 Å². The van der Waals surface area contributed by atoms with Gasteiger partial charge in [-0.3, -0.25) is 4.79 Å². The summed E-state index contributed by atoms with van der Waals surface area (Å²) in [6.45, 7) is 5.58. The van der Waals surface area contributed by atoms with Crippen molar-refractivity contribution in [2.75, 3.05) is 30.9 Å². The number of nitrogens with one attached hydrogen (secondary N) is 1. The Morgan fingerprint density at radius 3 is 2.39 bits per heavy atom. The number of halogens is 1. The molecule has 1 heterocycles. The highest BCUT2D eigenvalue weighted by Crippen LogP contribution is 2.36. The molecule has 0 saturated carbocycles. The first-order chi connectivity index (χ1) is 13.2. The van der Waals surface area contributed by atoms with Gasteiger partial charge < -0.3 is 25.8 Å². The van der Waals surface area contributed by atoms with Gasteiger partial charge in [-0.25, -0.2) is 0 Å². The molecule has 0 aliphatic rings. The van der Waals surface area contributed by atoms with Crippen molar-refractivity contribution in [3.63, 3.8) is 0 Å². The maximum atomic E-state index is 12.3. The Hall–Kier alpha value is -2.51. The van der Waals surface area contributed by atoms with Gasteiger partial charge in [0.1, 0.15) is 17.1 Å². The predicted octanol–water partition coefficient (Wildman–Crippen LogP) is 3.49. The minimum atomic E-state index is -0.674. The van der Waals surface area contributed by atoms with Crippen LogP contribution in [-0.4, -0.2) is 42.7 Å². The number of aryl methyl sites for hydroxylation is 2. The molecule has 0 saturated heterocycles. The average molecular weight is 407 g/mol. The van der Waals surface area contributed by atoms with Crippen molar-refractivity contribution in [2.45, 2.75) is 33.2 Å². The van der Waals surface area contributed by atoms with Gasteiger partial charge in [0.25, 0.3) is 5.91 Å². The van der Waals surface area contributed by atoms with Crippen LogP contribution in [0.3, 0.4) is 0 Å². The minimum absolute atomic E-state index is 0.0834. The Morgan fingerprint density at radius 1 is 1.32 bits per heavy atom. The van der Waals surface area contributed by atoms with E-state index in [4.69, 9.17) is 22.1 Å². The number of ether oxygens (including phenoxy) is 1. The third kappa shape index (κ3) is 4.85. The lowest BCUT2D eigenvalue weighted by molar-refractivity contribution is 0.0998. The van der Waals surface area contributed by atoms with Gasteiger partial charge in [-0.2, -0.15) is 4.98 Å². The highest BCUT2D eigenvalue weighted by molar-refractivity contribution is 6.30. The van der Waals surface area contributed by atoms with Crippen LogP contribution >= 0.6 is 11.6 Å². The van der Waals surface area contributed by atoms with E-state index >= 15 is 0 Å². The second kappa shape index (κ2) is 9.12. The first-order valence-corrected chi connectivity index (χ1v) is 9.39. The van der Waals surface area contributed by atoms with Crippen LogP contribution in [-0.2, 0) is 0 Å². The van der Waals surface area contributed by atoms with Gasteiger partial charge in [0.15, 0.2) is 0 Å². The number of primary amides is 1. The van der Waals surface area contributed by atoms with Crippen LogP contribution < -0.4 is 20.7 Å². The molecule has 2 aromatic rings. The number of nitrogens with zero attached hydrogens (tertiary/aromatic N) is 2. The third-order valence-electron chi connectivity index (χ3n) is 4.37. The molecule has 0 fully saturated rings. The van der Waals surface area contributed by atoms with Gasteiger partial charge in [-0.1, -0.05) is 18.5 Å². The number of carbonyl (C=O) groups excluding carboxylic acids is 1. The smallest absolute Gasteiger partial charge is 0.256 e.